The third kappa shape index (κ3) is 36.7. The number of unbranched alkanes of at least 4 members (excludes halogenated alkanes) is 1. The van der Waals surface area contributed by atoms with Crippen LogP contribution in [0.2, 0.25) is 0 Å². The quantitative estimate of drug-likeness (QED) is 0.0118. The molecular formula is C81H117N19O19. The molecule has 0 radical (unpaired) electrons. The first-order chi connectivity index (χ1) is 56.5. The van der Waals surface area contributed by atoms with Crippen LogP contribution in [0.3, 0.4) is 0 Å². The molecule has 0 aromatic heterocycles. The van der Waals surface area contributed by atoms with Gasteiger partial charge in [0.2, 0.25) is 82.7 Å². The minimum atomic E-state index is -1.73. The minimum Gasteiger partial charge on any atom is -0.481 e. The predicted molar refractivity (Wildman–Crippen MR) is 437 cm³/mol. The summed E-state index contributed by atoms with van der Waals surface area (Å²) in [6.07, 6.45) is -2.39. The highest BCUT2D eigenvalue weighted by Crippen LogP contribution is 2.17. The van der Waals surface area contributed by atoms with Gasteiger partial charge < -0.3 is 113 Å². The Morgan fingerprint density at radius 3 is 1.09 bits per heavy atom. The maximum Gasteiger partial charge on any atom is 0.322 e. The monoisotopic (exact) mass is 1660 g/mol. The molecule has 0 aliphatic carbocycles. The lowest BCUT2D eigenvalue weighted by atomic mass is 9.95. The molecule has 650 valence electrons. The minimum absolute atomic E-state index is 0.0122. The standard InChI is InChI=1S/C81H117N19O19/c1-7-48(6)68(100-79(118)67(47(4)5)99-74(113)54(32-22-38-87-81(85)86)92-77(116)61(45-101)90-63(103)43-88-69(108)58(40-50-25-14-9-15-26-50)98-78(117)66(84)46(2)3)80(119)94-55(33-35-62(83)102)72(111)91-53(31-20-21-37-82)71(110)96-60(42-52-29-18-11-19-30-52)76(115)97-59(41-51-27-16-10-17-28-51)75(114)93-56(34-36-64(104)105)73(112)95-57(70(109)89-44-65(106)107)39-49-23-12-8-13-24-49/h8-19,23-30,46-48,53-61,66-68,101H,7,20-22,31-45,82,84H2,1-6H3,(H2,83,102)(H,88,108)(H,89,109)(H,90,103)(H,91,111)(H,92,116)(H,93,114)(H,94,119)(H,95,112)(H,96,110)(H,97,115)(H,98,117)(H,99,113)(H,100,118)(H,104,105)(H,106,107)(H4,85,86,87)/t48-,53-,54-,55-,56-,57-,58-,59-,60-,61-,66-,67-,68-/m0/s1. The summed E-state index contributed by atoms with van der Waals surface area (Å²) in [5.41, 5.74) is 25.2. The summed E-state index contributed by atoms with van der Waals surface area (Å²) in [7, 11) is 0. The average molecular weight is 1660 g/mol. The van der Waals surface area contributed by atoms with Crippen molar-refractivity contribution in [2.75, 3.05) is 32.8 Å². The number of nitrogens with one attached hydrogen (secondary N) is 15. The molecule has 0 saturated carbocycles. The Labute approximate surface area is 690 Å². The lowest BCUT2D eigenvalue weighted by Gasteiger charge is -2.31. The Hall–Kier alpha value is -12.5. The molecule has 119 heavy (non-hydrogen) atoms. The lowest BCUT2D eigenvalue weighted by Crippen LogP contribution is -2.62. The maximum atomic E-state index is 15.0. The van der Waals surface area contributed by atoms with E-state index in [1.54, 1.807) is 163 Å². The molecule has 38 heteroatoms. The van der Waals surface area contributed by atoms with Crippen molar-refractivity contribution in [2.45, 2.75) is 204 Å². The maximum absolute atomic E-state index is 15.0. The second-order valence-corrected chi connectivity index (χ2v) is 29.5. The Kier molecular flexibility index (Phi) is 43.5. The molecule has 0 fully saturated rings. The molecule has 0 saturated heterocycles. The normalized spacial score (nSPS) is 14.3. The van der Waals surface area contributed by atoms with Gasteiger partial charge in [0.15, 0.2) is 5.96 Å². The van der Waals surface area contributed by atoms with Crippen LogP contribution in [0, 0.1) is 23.2 Å². The number of nitrogens with two attached hydrogens (primary N) is 4. The number of hydrogen-bond donors (Lipinski definition) is 22. The van der Waals surface area contributed by atoms with E-state index in [1.165, 1.54) is 0 Å². The zero-order valence-electron chi connectivity index (χ0n) is 67.8. The van der Waals surface area contributed by atoms with E-state index in [0.717, 1.165) is 0 Å². The van der Waals surface area contributed by atoms with Crippen LogP contribution in [0.25, 0.3) is 0 Å². The summed E-state index contributed by atoms with van der Waals surface area (Å²) >= 11 is 0. The van der Waals surface area contributed by atoms with Crippen molar-refractivity contribution in [1.82, 2.24) is 74.4 Å². The summed E-state index contributed by atoms with van der Waals surface area (Å²) in [6.45, 7) is 7.42. The van der Waals surface area contributed by atoms with E-state index in [9.17, 15) is 87.2 Å². The van der Waals surface area contributed by atoms with Crippen molar-refractivity contribution in [1.29, 1.82) is 5.41 Å². The zero-order chi connectivity index (χ0) is 88.3. The van der Waals surface area contributed by atoms with Crippen LogP contribution in [-0.4, -0.2) is 221 Å². The van der Waals surface area contributed by atoms with Crippen LogP contribution in [-0.2, 0) is 102 Å². The number of guanidine groups is 1. The SMILES string of the molecule is CC[C@H](C)[C@H](NC(=O)[C@@H](NC(=O)[C@H](CCCNC(=N)N)NC(=O)[C@H](CO)NC(=O)CNC(=O)[C@H](Cc1ccccc1)NC(=O)[C@@H](N)C(C)C)C(C)C)C(=O)N[C@@H](CCC(N)=O)C(=O)N[C@@H](CCCCN)C(=O)N[C@@H](Cc1ccccc1)C(=O)N[C@@H](Cc1ccccc1)C(=O)N[C@@H](CCC(=O)O)C(=O)N[C@@H](Cc1ccccc1)C(=O)NCC(=O)O. The van der Waals surface area contributed by atoms with E-state index >= 15 is 4.79 Å². The van der Waals surface area contributed by atoms with E-state index in [0.29, 0.717) is 28.7 Å². The zero-order valence-corrected chi connectivity index (χ0v) is 67.8. The van der Waals surface area contributed by atoms with Gasteiger partial charge in [-0.05, 0) is 91.5 Å². The van der Waals surface area contributed by atoms with Crippen molar-refractivity contribution in [3.05, 3.63) is 144 Å². The number of benzene rings is 4. The van der Waals surface area contributed by atoms with Crippen LogP contribution in [0.15, 0.2) is 121 Å². The van der Waals surface area contributed by atoms with Crippen molar-refractivity contribution in [3.8, 4) is 0 Å². The predicted octanol–water partition coefficient (Wildman–Crippen LogP) is -3.19. The van der Waals surface area contributed by atoms with Gasteiger partial charge in [0.25, 0.3) is 0 Å². The van der Waals surface area contributed by atoms with Crippen molar-refractivity contribution >= 4 is 101 Å². The molecule has 4 rings (SSSR count). The Balaban J connectivity index is 1.62. The molecule has 0 unspecified atom stereocenters. The smallest absolute Gasteiger partial charge is 0.322 e. The van der Waals surface area contributed by atoms with Gasteiger partial charge in [-0.3, -0.25) is 82.1 Å². The number of carboxylic acids is 2. The van der Waals surface area contributed by atoms with E-state index in [1.807, 2.05) is 0 Å². The van der Waals surface area contributed by atoms with Gasteiger partial charge in [-0.1, -0.05) is 169 Å². The summed E-state index contributed by atoms with van der Waals surface area (Å²) < 4.78 is 0. The van der Waals surface area contributed by atoms with Gasteiger partial charge in [0, 0.05) is 45.1 Å². The molecule has 0 bridgehead atoms. The van der Waals surface area contributed by atoms with Crippen molar-refractivity contribution in [3.63, 3.8) is 0 Å². The van der Waals surface area contributed by atoms with Gasteiger partial charge in [0.1, 0.15) is 73.0 Å². The van der Waals surface area contributed by atoms with Crippen molar-refractivity contribution < 1.29 is 92.0 Å². The first-order valence-electron chi connectivity index (χ1n) is 39.4. The number of primary amides is 1. The largest absolute Gasteiger partial charge is 0.481 e. The van der Waals surface area contributed by atoms with Crippen LogP contribution in [0.1, 0.15) is 128 Å². The van der Waals surface area contributed by atoms with Gasteiger partial charge >= 0.3 is 11.9 Å². The van der Waals surface area contributed by atoms with Gasteiger partial charge in [-0.15, -0.1) is 0 Å². The highest BCUT2D eigenvalue weighted by Gasteiger charge is 2.39. The molecule has 26 N–H and O–H groups in total. The molecule has 0 spiro atoms. The Bertz CT molecular complexity index is 4040. The van der Waals surface area contributed by atoms with E-state index in [2.05, 4.69) is 74.4 Å². The lowest BCUT2D eigenvalue weighted by molar-refractivity contribution is -0.139. The van der Waals surface area contributed by atoms with Gasteiger partial charge in [-0.25, -0.2) is 0 Å². The highest BCUT2D eigenvalue weighted by molar-refractivity contribution is 6.00. The van der Waals surface area contributed by atoms with E-state index in [-0.39, 0.29) is 76.8 Å². The first-order valence-corrected chi connectivity index (χ1v) is 39.4. The highest BCUT2D eigenvalue weighted by atomic mass is 16.4. The molecule has 0 aliphatic heterocycles. The number of amides is 14. The molecule has 0 aliphatic rings. The van der Waals surface area contributed by atoms with Gasteiger partial charge in [-0.2, -0.15) is 0 Å². The molecular weight excluding hydrogens is 1540 g/mol. The first kappa shape index (κ1) is 98.9. The number of aliphatic hydroxyl groups is 1. The number of hydrogen-bond acceptors (Lipinski definition) is 20. The third-order valence-electron chi connectivity index (χ3n) is 19.2. The van der Waals surface area contributed by atoms with Gasteiger partial charge in [0.05, 0.1) is 19.2 Å². The van der Waals surface area contributed by atoms with Crippen LogP contribution < -0.4 is 97.4 Å². The van der Waals surface area contributed by atoms with E-state index < -0.39 is 230 Å². The molecule has 4 aromatic carbocycles. The summed E-state index contributed by atoms with van der Waals surface area (Å²) in [5.74, 6) is -18.1. The number of rotatable bonds is 54. The van der Waals surface area contributed by atoms with Crippen LogP contribution >= 0.6 is 0 Å². The number of carbonyl (C=O) groups excluding carboxylic acids is 14. The van der Waals surface area contributed by atoms with Crippen molar-refractivity contribution in [2.24, 2.45) is 40.7 Å². The summed E-state index contributed by atoms with van der Waals surface area (Å²) in [5, 5.41) is 72.8. The molecule has 0 heterocycles. The Morgan fingerprint density at radius 1 is 0.370 bits per heavy atom. The molecule has 13 atom stereocenters. The summed E-state index contributed by atoms with van der Waals surface area (Å²) in [6, 6.07) is 15.7. The Morgan fingerprint density at radius 2 is 0.714 bits per heavy atom. The fraction of sp³-hybridized carbons (Fsp3) is 0.494. The average Bonchev–Trinajstić information content (AvgIpc) is 0.839. The number of aliphatic hydroxyl groups excluding tert-OH is 1. The molecule has 4 aromatic rings. The summed E-state index contributed by atoms with van der Waals surface area (Å²) in [4.78, 5) is 221. The second kappa shape index (κ2) is 52.3. The van der Waals surface area contributed by atoms with Crippen LogP contribution in [0.5, 0.6) is 0 Å². The fourth-order valence-electron chi connectivity index (χ4n) is 12.1. The third-order valence-corrected chi connectivity index (χ3v) is 19.2. The topological polar surface area (TPSA) is 630 Å². The number of carboxylic acid groups (broad SMARTS) is 2. The number of aliphatic carboxylic acids is 2. The number of carbonyl (C=O) groups is 16. The molecule has 38 nitrogen and oxygen atoms in total. The molecule has 14 amide bonds. The second-order valence-electron chi connectivity index (χ2n) is 29.5. The fourth-order valence-corrected chi connectivity index (χ4v) is 12.1. The van der Waals surface area contributed by atoms with E-state index in [4.69, 9.17) is 28.3 Å². The van der Waals surface area contributed by atoms with Crippen LogP contribution in [0.4, 0.5) is 0 Å².